The first-order chi connectivity index (χ1) is 11.2. The molecule has 5 nitrogen and oxygen atoms in total. The van der Waals surface area contributed by atoms with E-state index >= 15 is 0 Å². The van der Waals surface area contributed by atoms with Crippen LogP contribution >= 0.6 is 0 Å². The fourth-order valence-corrected chi connectivity index (χ4v) is 2.29. The Hall–Kier alpha value is -2.51. The van der Waals surface area contributed by atoms with Crippen molar-refractivity contribution in [2.24, 2.45) is 7.05 Å². The number of alkyl halides is 3. The van der Waals surface area contributed by atoms with Crippen LogP contribution in [-0.4, -0.2) is 22.3 Å². The molecule has 0 aliphatic carbocycles. The van der Waals surface area contributed by atoms with Gasteiger partial charge >= 0.3 is 6.18 Å². The van der Waals surface area contributed by atoms with Crippen LogP contribution in [0.3, 0.4) is 0 Å². The molecular formula is C16H18F3N3O2. The zero-order valence-corrected chi connectivity index (χ0v) is 13.5. The van der Waals surface area contributed by atoms with Crippen molar-refractivity contribution < 1.29 is 22.7 Å². The van der Waals surface area contributed by atoms with Crippen molar-refractivity contribution in [3.63, 3.8) is 0 Å². The molecule has 1 unspecified atom stereocenters. The highest BCUT2D eigenvalue weighted by Crippen LogP contribution is 2.29. The third kappa shape index (κ3) is 3.87. The highest BCUT2D eigenvalue weighted by atomic mass is 19.4. The van der Waals surface area contributed by atoms with E-state index in [1.54, 1.807) is 31.2 Å². The van der Waals surface area contributed by atoms with Crippen LogP contribution in [0.4, 0.5) is 13.2 Å². The Kier molecular flexibility index (Phi) is 5.16. The molecule has 1 aromatic heterocycles. The van der Waals surface area contributed by atoms with Gasteiger partial charge in [0.15, 0.2) is 5.69 Å². The molecule has 0 spiro atoms. The number of aromatic nitrogens is 2. The fraction of sp³-hybridized carbons (Fsp3) is 0.375. The largest absolute Gasteiger partial charge is 0.494 e. The number of amides is 1. The van der Waals surface area contributed by atoms with Gasteiger partial charge in [0.1, 0.15) is 11.4 Å². The van der Waals surface area contributed by atoms with E-state index in [9.17, 15) is 18.0 Å². The second-order valence-electron chi connectivity index (χ2n) is 5.20. The average molecular weight is 341 g/mol. The summed E-state index contributed by atoms with van der Waals surface area (Å²) >= 11 is 0. The third-order valence-electron chi connectivity index (χ3n) is 3.44. The molecule has 1 aromatic carbocycles. The molecule has 0 bridgehead atoms. The van der Waals surface area contributed by atoms with Crippen molar-refractivity contribution >= 4 is 5.91 Å². The van der Waals surface area contributed by atoms with Gasteiger partial charge in [-0.1, -0.05) is 18.2 Å². The summed E-state index contributed by atoms with van der Waals surface area (Å²) in [6.45, 7) is 4.04. The average Bonchev–Trinajstić information content (AvgIpc) is 2.90. The molecule has 0 radical (unpaired) electrons. The Bertz CT molecular complexity index is 726. The quantitative estimate of drug-likeness (QED) is 0.908. The maximum atomic E-state index is 12.7. The van der Waals surface area contributed by atoms with Crippen LogP contribution in [0.15, 0.2) is 30.3 Å². The van der Waals surface area contributed by atoms with Crippen molar-refractivity contribution in [1.29, 1.82) is 0 Å². The van der Waals surface area contributed by atoms with Crippen LogP contribution in [0, 0.1) is 0 Å². The SMILES string of the molecule is CCOc1ccccc1C(C)NC(=O)c1cc(C(F)(F)F)nn1C. The van der Waals surface area contributed by atoms with Crippen LogP contribution in [0.5, 0.6) is 5.75 Å². The lowest BCUT2D eigenvalue weighted by atomic mass is 10.1. The zero-order valence-electron chi connectivity index (χ0n) is 13.5. The molecule has 0 aliphatic heterocycles. The van der Waals surface area contributed by atoms with E-state index in [0.29, 0.717) is 12.4 Å². The number of para-hydroxylation sites is 1. The lowest BCUT2D eigenvalue weighted by Gasteiger charge is -2.17. The summed E-state index contributed by atoms with van der Waals surface area (Å²) < 4.78 is 44.5. The monoisotopic (exact) mass is 341 g/mol. The van der Waals surface area contributed by atoms with Crippen molar-refractivity contribution in [1.82, 2.24) is 15.1 Å². The van der Waals surface area contributed by atoms with E-state index in [0.717, 1.165) is 16.3 Å². The minimum atomic E-state index is -4.59. The standard InChI is InChI=1S/C16H18F3N3O2/c1-4-24-13-8-6-5-7-11(13)10(2)20-15(23)12-9-14(16(17,18)19)21-22(12)3/h5-10H,4H2,1-3H3,(H,20,23). The number of carbonyl (C=O) groups excluding carboxylic acids is 1. The van der Waals surface area contributed by atoms with Crippen molar-refractivity contribution in [2.75, 3.05) is 6.61 Å². The molecule has 1 atom stereocenters. The molecule has 8 heteroatoms. The van der Waals surface area contributed by atoms with Crippen LogP contribution < -0.4 is 10.1 Å². The lowest BCUT2D eigenvalue weighted by Crippen LogP contribution is -2.28. The van der Waals surface area contributed by atoms with E-state index in [1.165, 1.54) is 7.05 Å². The van der Waals surface area contributed by atoms with Crippen molar-refractivity contribution in [3.05, 3.63) is 47.3 Å². The van der Waals surface area contributed by atoms with Gasteiger partial charge in [-0.25, -0.2) is 0 Å². The number of hydrogen-bond donors (Lipinski definition) is 1. The normalized spacial score (nSPS) is 12.8. The Morgan fingerprint density at radius 3 is 2.62 bits per heavy atom. The van der Waals surface area contributed by atoms with Gasteiger partial charge in [0.05, 0.1) is 12.6 Å². The van der Waals surface area contributed by atoms with Crippen LogP contribution in [0.2, 0.25) is 0 Å². The zero-order chi connectivity index (χ0) is 17.9. The highest BCUT2D eigenvalue weighted by molar-refractivity contribution is 5.93. The first kappa shape index (κ1) is 17.8. The second kappa shape index (κ2) is 6.94. The van der Waals surface area contributed by atoms with E-state index in [-0.39, 0.29) is 5.69 Å². The van der Waals surface area contributed by atoms with Crippen LogP contribution in [-0.2, 0) is 13.2 Å². The predicted octanol–water partition coefficient (Wildman–Crippen LogP) is 3.33. The van der Waals surface area contributed by atoms with Crippen LogP contribution in [0.25, 0.3) is 0 Å². The maximum absolute atomic E-state index is 12.7. The molecular weight excluding hydrogens is 323 g/mol. The molecule has 2 rings (SSSR count). The summed E-state index contributed by atoms with van der Waals surface area (Å²) in [7, 11) is 1.29. The van der Waals surface area contributed by atoms with E-state index in [4.69, 9.17) is 4.74 Å². The van der Waals surface area contributed by atoms with E-state index < -0.39 is 23.8 Å². The Morgan fingerprint density at radius 1 is 1.38 bits per heavy atom. The predicted molar refractivity (Wildman–Crippen MR) is 81.7 cm³/mol. The Labute approximate surface area is 137 Å². The number of carbonyl (C=O) groups is 1. The van der Waals surface area contributed by atoms with Crippen molar-refractivity contribution in [2.45, 2.75) is 26.1 Å². The molecule has 130 valence electrons. The van der Waals surface area contributed by atoms with Gasteiger partial charge in [0, 0.05) is 18.7 Å². The molecule has 1 amide bonds. The minimum Gasteiger partial charge on any atom is -0.494 e. The molecule has 0 saturated heterocycles. The summed E-state index contributed by atoms with van der Waals surface area (Å²) in [4.78, 5) is 12.3. The van der Waals surface area contributed by atoms with Gasteiger partial charge in [0.25, 0.3) is 5.91 Å². The number of nitrogens with one attached hydrogen (secondary N) is 1. The van der Waals surface area contributed by atoms with E-state index in [1.807, 2.05) is 6.92 Å². The first-order valence-electron chi connectivity index (χ1n) is 7.37. The van der Waals surface area contributed by atoms with Crippen molar-refractivity contribution in [3.8, 4) is 5.75 Å². The number of benzene rings is 1. The van der Waals surface area contributed by atoms with Gasteiger partial charge in [-0.3, -0.25) is 9.48 Å². The summed E-state index contributed by atoms with van der Waals surface area (Å²) in [5.41, 5.74) is -0.522. The Morgan fingerprint density at radius 2 is 2.04 bits per heavy atom. The summed E-state index contributed by atoms with van der Waals surface area (Å²) in [6, 6.07) is 7.46. The third-order valence-corrected chi connectivity index (χ3v) is 3.44. The topological polar surface area (TPSA) is 56.1 Å². The molecule has 2 aromatic rings. The molecule has 0 aliphatic rings. The van der Waals surface area contributed by atoms with Gasteiger partial charge in [-0.05, 0) is 19.9 Å². The highest BCUT2D eigenvalue weighted by Gasteiger charge is 2.35. The molecule has 24 heavy (non-hydrogen) atoms. The maximum Gasteiger partial charge on any atom is 0.435 e. The van der Waals surface area contributed by atoms with E-state index in [2.05, 4.69) is 10.4 Å². The first-order valence-corrected chi connectivity index (χ1v) is 7.37. The Balaban J connectivity index is 2.20. The number of aryl methyl sites for hydroxylation is 1. The minimum absolute atomic E-state index is 0.164. The summed E-state index contributed by atoms with van der Waals surface area (Å²) in [5.74, 6) is -0.0203. The molecule has 1 heterocycles. The van der Waals surface area contributed by atoms with Gasteiger partial charge in [-0.2, -0.15) is 18.3 Å². The molecule has 0 saturated carbocycles. The van der Waals surface area contributed by atoms with Gasteiger partial charge < -0.3 is 10.1 Å². The van der Waals surface area contributed by atoms with Crippen LogP contribution in [0.1, 0.15) is 41.6 Å². The number of halogens is 3. The number of nitrogens with zero attached hydrogens (tertiary/aromatic N) is 2. The second-order valence-corrected chi connectivity index (χ2v) is 5.20. The summed E-state index contributed by atoms with van der Waals surface area (Å²) in [5, 5.41) is 6.01. The number of rotatable bonds is 5. The number of hydrogen-bond acceptors (Lipinski definition) is 3. The fourth-order valence-electron chi connectivity index (χ4n) is 2.29. The molecule has 1 N–H and O–H groups in total. The van der Waals surface area contributed by atoms with Gasteiger partial charge in [-0.15, -0.1) is 0 Å². The summed E-state index contributed by atoms with van der Waals surface area (Å²) in [6.07, 6.45) is -4.59. The molecule has 0 fully saturated rings. The smallest absolute Gasteiger partial charge is 0.435 e. The lowest BCUT2D eigenvalue weighted by molar-refractivity contribution is -0.141. The number of ether oxygens (including phenoxy) is 1. The van der Waals surface area contributed by atoms with Gasteiger partial charge in [0.2, 0.25) is 0 Å².